The lowest BCUT2D eigenvalue weighted by Gasteiger charge is -2.24. The smallest absolute Gasteiger partial charge is 0.410 e. The number of nitrogens with zero attached hydrogens (tertiary/aromatic N) is 3. The summed E-state index contributed by atoms with van der Waals surface area (Å²) in [6.07, 6.45) is 5.73. The standard InChI is InChI=1S/C17H32N4O2.HI/c1-17(2,3)23-16(22)21-11-8-14(13-21)12-19-15(18)20-9-6-4-5-7-10-20;/h14H,4-13H2,1-3H3,(H2,18,19);1H. The van der Waals surface area contributed by atoms with Crippen molar-refractivity contribution in [2.75, 3.05) is 32.7 Å². The van der Waals surface area contributed by atoms with Crippen LogP contribution in [0.5, 0.6) is 0 Å². The van der Waals surface area contributed by atoms with E-state index in [9.17, 15) is 4.79 Å². The zero-order chi connectivity index (χ0) is 16.9. The van der Waals surface area contributed by atoms with Crippen LogP contribution >= 0.6 is 24.0 Å². The van der Waals surface area contributed by atoms with Crippen molar-refractivity contribution in [2.24, 2.45) is 16.6 Å². The van der Waals surface area contributed by atoms with Crippen LogP contribution in [0.1, 0.15) is 52.9 Å². The lowest BCUT2D eigenvalue weighted by molar-refractivity contribution is 0.0289. The van der Waals surface area contributed by atoms with Gasteiger partial charge < -0.3 is 20.3 Å². The Balaban J connectivity index is 0.00000288. The van der Waals surface area contributed by atoms with Crippen LogP contribution in [0.15, 0.2) is 4.99 Å². The first-order chi connectivity index (χ1) is 10.8. The summed E-state index contributed by atoms with van der Waals surface area (Å²) in [5.74, 6) is 1.05. The molecule has 2 aliphatic heterocycles. The minimum absolute atomic E-state index is 0. The second-order valence-electron chi connectivity index (χ2n) is 7.68. The largest absolute Gasteiger partial charge is 0.444 e. The third kappa shape index (κ3) is 7.03. The number of hydrogen-bond acceptors (Lipinski definition) is 3. The van der Waals surface area contributed by atoms with E-state index in [2.05, 4.69) is 9.89 Å². The Labute approximate surface area is 163 Å². The molecule has 0 saturated carbocycles. The van der Waals surface area contributed by atoms with E-state index in [4.69, 9.17) is 10.5 Å². The molecule has 0 spiro atoms. The van der Waals surface area contributed by atoms with Crippen molar-refractivity contribution in [3.63, 3.8) is 0 Å². The maximum absolute atomic E-state index is 12.1. The van der Waals surface area contributed by atoms with Crippen molar-refractivity contribution in [3.8, 4) is 0 Å². The van der Waals surface area contributed by atoms with Crippen molar-refractivity contribution in [3.05, 3.63) is 0 Å². The number of carbonyl (C=O) groups is 1. The molecule has 2 heterocycles. The molecule has 1 amide bonds. The average Bonchev–Trinajstić information content (AvgIpc) is 2.77. The van der Waals surface area contributed by atoms with Crippen LogP contribution in [-0.2, 0) is 4.74 Å². The highest BCUT2D eigenvalue weighted by atomic mass is 127. The predicted octanol–water partition coefficient (Wildman–Crippen LogP) is 3.05. The summed E-state index contributed by atoms with van der Waals surface area (Å²) in [5.41, 5.74) is 5.70. The van der Waals surface area contributed by atoms with Gasteiger partial charge in [0.05, 0.1) is 0 Å². The second-order valence-corrected chi connectivity index (χ2v) is 7.68. The molecule has 6 nitrogen and oxygen atoms in total. The van der Waals surface area contributed by atoms with Crippen molar-refractivity contribution >= 4 is 36.0 Å². The maximum Gasteiger partial charge on any atom is 0.410 e. The van der Waals surface area contributed by atoms with E-state index in [0.717, 1.165) is 26.1 Å². The van der Waals surface area contributed by atoms with Crippen LogP contribution in [0.3, 0.4) is 0 Å². The summed E-state index contributed by atoms with van der Waals surface area (Å²) in [4.78, 5) is 20.6. The van der Waals surface area contributed by atoms with Gasteiger partial charge >= 0.3 is 6.09 Å². The molecule has 0 aromatic heterocycles. The Bertz CT molecular complexity index is 429. The Morgan fingerprint density at radius 1 is 1.12 bits per heavy atom. The van der Waals surface area contributed by atoms with Gasteiger partial charge in [0.25, 0.3) is 0 Å². The summed E-state index contributed by atoms with van der Waals surface area (Å²) in [5, 5.41) is 0. The van der Waals surface area contributed by atoms with Gasteiger partial charge in [0, 0.05) is 32.7 Å². The first-order valence-corrected chi connectivity index (χ1v) is 8.88. The Hall–Kier alpha value is -0.730. The van der Waals surface area contributed by atoms with Gasteiger partial charge in [-0.15, -0.1) is 24.0 Å². The van der Waals surface area contributed by atoms with E-state index < -0.39 is 5.60 Å². The molecular weight excluding hydrogens is 419 g/mol. The quantitative estimate of drug-likeness (QED) is 0.397. The van der Waals surface area contributed by atoms with Crippen molar-refractivity contribution < 1.29 is 9.53 Å². The van der Waals surface area contributed by atoms with E-state index in [1.807, 2.05) is 20.8 Å². The third-order valence-corrected chi connectivity index (χ3v) is 4.38. The monoisotopic (exact) mass is 452 g/mol. The Morgan fingerprint density at radius 2 is 1.75 bits per heavy atom. The van der Waals surface area contributed by atoms with Crippen LogP contribution in [0, 0.1) is 5.92 Å². The summed E-state index contributed by atoms with van der Waals surface area (Å²) in [6.45, 7) is 9.88. The maximum atomic E-state index is 12.1. The van der Waals surface area contributed by atoms with E-state index >= 15 is 0 Å². The van der Waals surface area contributed by atoms with Crippen molar-refractivity contribution in [1.82, 2.24) is 9.80 Å². The molecule has 2 fully saturated rings. The number of nitrogens with two attached hydrogens (primary N) is 1. The van der Waals surface area contributed by atoms with E-state index in [0.29, 0.717) is 25.0 Å². The van der Waals surface area contributed by atoms with E-state index in [1.165, 1.54) is 25.7 Å². The van der Waals surface area contributed by atoms with E-state index in [-0.39, 0.29) is 30.1 Å². The number of hydrogen-bond donors (Lipinski definition) is 1. The fourth-order valence-corrected chi connectivity index (χ4v) is 3.10. The molecule has 0 aromatic rings. The van der Waals surface area contributed by atoms with Crippen LogP contribution in [0.4, 0.5) is 4.79 Å². The van der Waals surface area contributed by atoms with Crippen LogP contribution in [0.2, 0.25) is 0 Å². The molecule has 0 bridgehead atoms. The van der Waals surface area contributed by atoms with Gasteiger partial charge in [-0.3, -0.25) is 4.99 Å². The molecule has 7 heteroatoms. The molecule has 0 aliphatic carbocycles. The van der Waals surface area contributed by atoms with Crippen molar-refractivity contribution in [1.29, 1.82) is 0 Å². The summed E-state index contributed by atoms with van der Waals surface area (Å²) < 4.78 is 5.42. The number of halogens is 1. The molecule has 2 N–H and O–H groups in total. The number of amides is 1. The fourth-order valence-electron chi connectivity index (χ4n) is 3.10. The average molecular weight is 452 g/mol. The number of rotatable bonds is 2. The topological polar surface area (TPSA) is 71.2 Å². The van der Waals surface area contributed by atoms with Crippen LogP contribution in [0.25, 0.3) is 0 Å². The molecule has 24 heavy (non-hydrogen) atoms. The summed E-state index contributed by atoms with van der Waals surface area (Å²) >= 11 is 0. The first kappa shape index (κ1) is 21.3. The summed E-state index contributed by atoms with van der Waals surface area (Å²) in [7, 11) is 0. The molecule has 140 valence electrons. The lowest BCUT2D eigenvalue weighted by Crippen LogP contribution is -2.38. The van der Waals surface area contributed by atoms with Gasteiger partial charge in [0.2, 0.25) is 0 Å². The molecule has 1 atom stereocenters. The predicted molar refractivity (Wildman–Crippen MR) is 108 cm³/mol. The number of aliphatic imine (C=N–C) groups is 1. The highest BCUT2D eigenvalue weighted by Crippen LogP contribution is 2.20. The zero-order valence-corrected chi connectivity index (χ0v) is 17.6. The minimum atomic E-state index is -0.440. The Morgan fingerprint density at radius 3 is 2.33 bits per heavy atom. The van der Waals surface area contributed by atoms with Gasteiger partial charge in [-0.05, 0) is 46.0 Å². The third-order valence-electron chi connectivity index (χ3n) is 4.38. The van der Waals surface area contributed by atoms with Gasteiger partial charge in [-0.2, -0.15) is 0 Å². The van der Waals surface area contributed by atoms with Crippen LogP contribution in [-0.4, -0.2) is 60.2 Å². The molecular formula is C17H33IN4O2. The van der Waals surface area contributed by atoms with Crippen molar-refractivity contribution in [2.45, 2.75) is 58.5 Å². The SMILES string of the molecule is CC(C)(C)OC(=O)N1CCC(CN=C(N)N2CCCCCC2)C1.I. The number of guanidine groups is 1. The van der Waals surface area contributed by atoms with Gasteiger partial charge in [-0.1, -0.05) is 12.8 Å². The van der Waals surface area contributed by atoms with Gasteiger partial charge in [-0.25, -0.2) is 4.79 Å². The molecule has 1 unspecified atom stereocenters. The lowest BCUT2D eigenvalue weighted by atomic mass is 10.1. The minimum Gasteiger partial charge on any atom is -0.444 e. The normalized spacial score (nSPS) is 22.8. The molecule has 2 saturated heterocycles. The number of likely N-dealkylation sites (tertiary alicyclic amines) is 2. The molecule has 0 radical (unpaired) electrons. The second kappa shape index (κ2) is 9.68. The van der Waals surface area contributed by atoms with Crippen LogP contribution < -0.4 is 5.73 Å². The van der Waals surface area contributed by atoms with Gasteiger partial charge in [0.15, 0.2) is 5.96 Å². The molecule has 2 aliphatic rings. The summed E-state index contributed by atoms with van der Waals surface area (Å²) in [6, 6.07) is 0. The highest BCUT2D eigenvalue weighted by Gasteiger charge is 2.29. The highest BCUT2D eigenvalue weighted by molar-refractivity contribution is 14.0. The van der Waals surface area contributed by atoms with E-state index in [1.54, 1.807) is 4.90 Å². The zero-order valence-electron chi connectivity index (χ0n) is 15.3. The number of carbonyl (C=O) groups excluding carboxylic acids is 1. The number of ether oxygens (including phenoxy) is 1. The van der Waals surface area contributed by atoms with Gasteiger partial charge in [0.1, 0.15) is 5.60 Å². The first-order valence-electron chi connectivity index (χ1n) is 8.88. The fraction of sp³-hybridized carbons (Fsp3) is 0.882. The molecule has 2 rings (SSSR count). The Kier molecular flexibility index (Phi) is 8.59. The molecule has 0 aromatic carbocycles.